The Morgan fingerprint density at radius 3 is 2.81 bits per heavy atom. The van der Waals surface area contributed by atoms with Gasteiger partial charge in [0.1, 0.15) is 17.1 Å². The van der Waals surface area contributed by atoms with Crippen LogP contribution in [-0.4, -0.2) is 17.0 Å². The molecule has 0 spiro atoms. The Morgan fingerprint density at radius 1 is 1.43 bits per heavy atom. The lowest BCUT2D eigenvalue weighted by atomic mass is 9.81. The number of amides is 1. The third-order valence-electron chi connectivity index (χ3n) is 4.18. The van der Waals surface area contributed by atoms with Gasteiger partial charge in [-0.2, -0.15) is 0 Å². The maximum absolute atomic E-state index is 11.9. The summed E-state index contributed by atoms with van der Waals surface area (Å²) in [4.78, 5) is 22.9. The molecule has 1 aromatic heterocycles. The van der Waals surface area contributed by atoms with E-state index in [0.29, 0.717) is 29.8 Å². The molecular weight excluding hydrogens is 270 g/mol. The molecule has 116 valence electrons. The second-order valence-electron chi connectivity index (χ2n) is 6.11. The fourth-order valence-electron chi connectivity index (χ4n) is 3.11. The van der Waals surface area contributed by atoms with Crippen LogP contribution in [-0.2, 0) is 11.3 Å². The van der Waals surface area contributed by atoms with E-state index in [4.69, 9.17) is 9.52 Å². The molecule has 1 aromatic rings. The van der Waals surface area contributed by atoms with Gasteiger partial charge in [-0.25, -0.2) is 4.79 Å². The van der Waals surface area contributed by atoms with Crippen molar-refractivity contribution in [3.05, 3.63) is 23.2 Å². The molecule has 0 bridgehead atoms. The molecule has 2 unspecified atom stereocenters. The topological polar surface area (TPSA) is 79.5 Å². The number of hydrogen-bond acceptors (Lipinski definition) is 3. The maximum atomic E-state index is 11.9. The molecule has 0 radical (unpaired) electrons. The Labute approximate surface area is 124 Å². The number of furan rings is 1. The summed E-state index contributed by atoms with van der Waals surface area (Å²) < 4.78 is 5.34. The minimum atomic E-state index is -1.01. The summed E-state index contributed by atoms with van der Waals surface area (Å²) in [6.45, 7) is 4.09. The van der Waals surface area contributed by atoms with E-state index >= 15 is 0 Å². The summed E-state index contributed by atoms with van der Waals surface area (Å²) in [6, 6.07) is 1.47. The first kappa shape index (κ1) is 15.6. The van der Waals surface area contributed by atoms with Crippen LogP contribution in [0.15, 0.2) is 10.5 Å². The van der Waals surface area contributed by atoms with E-state index in [2.05, 4.69) is 12.2 Å². The van der Waals surface area contributed by atoms with Gasteiger partial charge in [-0.15, -0.1) is 0 Å². The molecular formula is C16H23NO4. The van der Waals surface area contributed by atoms with Gasteiger partial charge in [0.2, 0.25) is 5.91 Å². The predicted molar refractivity (Wildman–Crippen MR) is 78.0 cm³/mol. The zero-order chi connectivity index (χ0) is 15.4. The fraction of sp³-hybridized carbons (Fsp3) is 0.625. The molecule has 2 atom stereocenters. The average Bonchev–Trinajstić information content (AvgIpc) is 2.78. The van der Waals surface area contributed by atoms with Crippen LogP contribution >= 0.6 is 0 Å². The van der Waals surface area contributed by atoms with Gasteiger partial charge in [-0.1, -0.05) is 19.8 Å². The average molecular weight is 293 g/mol. The highest BCUT2D eigenvalue weighted by Gasteiger charge is 2.21. The maximum Gasteiger partial charge on any atom is 0.339 e. The van der Waals surface area contributed by atoms with Crippen molar-refractivity contribution < 1.29 is 19.1 Å². The number of aryl methyl sites for hydroxylation is 1. The van der Waals surface area contributed by atoms with Crippen LogP contribution in [0.25, 0.3) is 0 Å². The molecule has 0 aliphatic heterocycles. The zero-order valence-electron chi connectivity index (χ0n) is 12.6. The van der Waals surface area contributed by atoms with E-state index in [-0.39, 0.29) is 18.0 Å². The minimum absolute atomic E-state index is 0.0139. The number of carboxylic acids is 1. The van der Waals surface area contributed by atoms with Gasteiger partial charge < -0.3 is 14.8 Å². The number of carbonyl (C=O) groups is 2. The standard InChI is InChI=1S/C16H23NO4/c1-10-4-3-5-12(6-10)7-15(18)17-9-13-8-14(16(19)20)11(2)21-13/h8,10,12H,3-7,9H2,1-2H3,(H,17,18)(H,19,20). The molecule has 5 nitrogen and oxygen atoms in total. The lowest BCUT2D eigenvalue weighted by Gasteiger charge is -2.26. The van der Waals surface area contributed by atoms with Gasteiger partial charge in [0.05, 0.1) is 6.54 Å². The van der Waals surface area contributed by atoms with E-state index in [1.807, 2.05) is 0 Å². The van der Waals surface area contributed by atoms with E-state index in [1.165, 1.54) is 18.9 Å². The SMILES string of the molecule is Cc1oc(CNC(=O)CC2CCCC(C)C2)cc1C(=O)O. The molecule has 2 rings (SSSR count). The third-order valence-corrected chi connectivity index (χ3v) is 4.18. The number of nitrogens with one attached hydrogen (secondary N) is 1. The molecule has 2 N–H and O–H groups in total. The number of rotatable bonds is 5. The molecule has 1 aliphatic carbocycles. The van der Waals surface area contributed by atoms with E-state index < -0.39 is 5.97 Å². The molecule has 1 amide bonds. The van der Waals surface area contributed by atoms with Crippen molar-refractivity contribution in [3.63, 3.8) is 0 Å². The molecule has 0 aromatic carbocycles. The van der Waals surface area contributed by atoms with Crippen LogP contribution in [0.5, 0.6) is 0 Å². The smallest absolute Gasteiger partial charge is 0.339 e. The van der Waals surface area contributed by atoms with Crippen molar-refractivity contribution in [1.29, 1.82) is 0 Å². The normalized spacial score (nSPS) is 22.0. The Bertz CT molecular complexity index is 520. The number of carbonyl (C=O) groups excluding carboxylic acids is 1. The lowest BCUT2D eigenvalue weighted by Crippen LogP contribution is -2.26. The van der Waals surface area contributed by atoms with Gasteiger partial charge in [-0.05, 0) is 37.7 Å². The summed E-state index contributed by atoms with van der Waals surface area (Å²) >= 11 is 0. The minimum Gasteiger partial charge on any atom is -0.478 e. The van der Waals surface area contributed by atoms with Gasteiger partial charge in [0.25, 0.3) is 0 Å². The number of carboxylic acid groups (broad SMARTS) is 1. The molecule has 21 heavy (non-hydrogen) atoms. The molecule has 0 saturated heterocycles. The van der Waals surface area contributed by atoms with Crippen molar-refractivity contribution >= 4 is 11.9 Å². The molecule has 1 aliphatic rings. The fourth-order valence-corrected chi connectivity index (χ4v) is 3.11. The van der Waals surface area contributed by atoms with Gasteiger partial charge >= 0.3 is 5.97 Å². The second-order valence-corrected chi connectivity index (χ2v) is 6.11. The summed E-state index contributed by atoms with van der Waals surface area (Å²) in [5.41, 5.74) is 0.153. The Morgan fingerprint density at radius 2 is 2.19 bits per heavy atom. The largest absolute Gasteiger partial charge is 0.478 e. The summed E-state index contributed by atoms with van der Waals surface area (Å²) in [6.07, 6.45) is 5.27. The van der Waals surface area contributed by atoms with Gasteiger partial charge in [-0.3, -0.25) is 4.79 Å². The molecule has 1 fully saturated rings. The first-order valence-corrected chi connectivity index (χ1v) is 7.55. The van der Waals surface area contributed by atoms with Gasteiger partial charge in [0.15, 0.2) is 0 Å². The summed E-state index contributed by atoms with van der Waals surface area (Å²) in [5, 5.41) is 11.8. The predicted octanol–water partition coefficient (Wildman–Crippen LogP) is 3.12. The number of aromatic carboxylic acids is 1. The Kier molecular flexibility index (Phi) is 5.04. The van der Waals surface area contributed by atoms with Crippen LogP contribution in [0.3, 0.4) is 0 Å². The Hall–Kier alpha value is -1.78. The van der Waals surface area contributed by atoms with Crippen molar-refractivity contribution in [2.75, 3.05) is 0 Å². The Balaban J connectivity index is 1.81. The number of hydrogen-bond donors (Lipinski definition) is 2. The van der Waals surface area contributed by atoms with Crippen molar-refractivity contribution in [2.24, 2.45) is 11.8 Å². The first-order chi connectivity index (χ1) is 9.95. The highest BCUT2D eigenvalue weighted by Crippen LogP contribution is 2.30. The van der Waals surface area contributed by atoms with Crippen molar-refractivity contribution in [1.82, 2.24) is 5.32 Å². The summed E-state index contributed by atoms with van der Waals surface area (Å²) in [5.74, 6) is 1.04. The third kappa shape index (κ3) is 4.34. The van der Waals surface area contributed by atoms with E-state index in [9.17, 15) is 9.59 Å². The highest BCUT2D eigenvalue weighted by atomic mass is 16.4. The zero-order valence-corrected chi connectivity index (χ0v) is 12.6. The van der Waals surface area contributed by atoms with Crippen LogP contribution < -0.4 is 5.32 Å². The molecule has 1 heterocycles. The summed E-state index contributed by atoms with van der Waals surface area (Å²) in [7, 11) is 0. The molecule has 5 heteroatoms. The second kappa shape index (κ2) is 6.78. The monoisotopic (exact) mass is 293 g/mol. The van der Waals surface area contributed by atoms with Crippen molar-refractivity contribution in [2.45, 2.75) is 52.5 Å². The van der Waals surface area contributed by atoms with Crippen LogP contribution in [0.2, 0.25) is 0 Å². The van der Waals surface area contributed by atoms with Crippen LogP contribution in [0.1, 0.15) is 60.9 Å². The van der Waals surface area contributed by atoms with Crippen LogP contribution in [0, 0.1) is 18.8 Å². The first-order valence-electron chi connectivity index (χ1n) is 7.55. The van der Waals surface area contributed by atoms with E-state index in [0.717, 1.165) is 12.8 Å². The van der Waals surface area contributed by atoms with Gasteiger partial charge in [0, 0.05) is 6.42 Å². The quantitative estimate of drug-likeness (QED) is 0.874. The van der Waals surface area contributed by atoms with Crippen LogP contribution in [0.4, 0.5) is 0 Å². The van der Waals surface area contributed by atoms with Crippen molar-refractivity contribution in [3.8, 4) is 0 Å². The highest BCUT2D eigenvalue weighted by molar-refractivity contribution is 5.88. The molecule has 1 saturated carbocycles. The van der Waals surface area contributed by atoms with E-state index in [1.54, 1.807) is 6.92 Å². The lowest BCUT2D eigenvalue weighted by molar-refractivity contribution is -0.122.